The largest absolute Gasteiger partial charge is 0.427 e. The highest BCUT2D eigenvalue weighted by molar-refractivity contribution is 5.94. The molecule has 2 unspecified atom stereocenters. The Balaban J connectivity index is 2.36. The molecule has 0 heterocycles. The highest BCUT2D eigenvalue weighted by atomic mass is 16.3. The van der Waals surface area contributed by atoms with Gasteiger partial charge in [0, 0.05) is 0 Å². The van der Waals surface area contributed by atoms with Gasteiger partial charge in [0.25, 0.3) is 5.70 Å². The average molecular weight is 198 g/mol. The van der Waals surface area contributed by atoms with Crippen LogP contribution in [-0.2, 0) is 0 Å². The van der Waals surface area contributed by atoms with Gasteiger partial charge in [-0.3, -0.25) is 0 Å². The maximum Gasteiger partial charge on any atom is 0.427 e. The molecule has 0 saturated heterocycles. The van der Waals surface area contributed by atoms with E-state index >= 15 is 0 Å². The molecule has 0 aromatic rings. The quantitative estimate of drug-likeness (QED) is 0.384. The number of nitrogens with one attached hydrogen (secondary N) is 2. The molecule has 4 nitrogen and oxygen atoms in total. The highest BCUT2D eigenvalue weighted by Gasteiger charge is 2.38. The molecule has 0 amide bonds. The third-order valence-corrected chi connectivity index (χ3v) is 2.04. The third-order valence-electron chi connectivity index (χ3n) is 2.04. The molecule has 0 spiro atoms. The van der Waals surface area contributed by atoms with Crippen molar-refractivity contribution in [2.75, 3.05) is 13.2 Å². The molecule has 0 radical (unpaired) electrons. The summed E-state index contributed by atoms with van der Waals surface area (Å²) in [4.78, 5) is 3.12. The SMILES string of the molecule is CC(CO)NC1=[C+]C(=[NH+]C(C)CO)C1. The summed E-state index contributed by atoms with van der Waals surface area (Å²) in [5, 5.41) is 20.7. The number of hydrogen-bond acceptors (Lipinski definition) is 3. The van der Waals surface area contributed by atoms with Crippen LogP contribution in [0.2, 0.25) is 0 Å². The van der Waals surface area contributed by atoms with Crippen LogP contribution in [0, 0.1) is 6.08 Å². The van der Waals surface area contributed by atoms with Gasteiger partial charge >= 0.3 is 11.8 Å². The van der Waals surface area contributed by atoms with Crippen LogP contribution in [0.15, 0.2) is 5.70 Å². The molecule has 0 fully saturated rings. The van der Waals surface area contributed by atoms with Crippen LogP contribution >= 0.6 is 0 Å². The Bertz CT molecular complexity index is 249. The molecule has 4 heteroatoms. The minimum Gasteiger partial charge on any atom is -0.394 e. The topological polar surface area (TPSA) is 66.5 Å². The zero-order valence-electron chi connectivity index (χ0n) is 8.67. The van der Waals surface area contributed by atoms with Crippen LogP contribution in [0.25, 0.3) is 0 Å². The van der Waals surface area contributed by atoms with Gasteiger partial charge in [0.15, 0.2) is 12.5 Å². The molecule has 1 rings (SSSR count). The van der Waals surface area contributed by atoms with Gasteiger partial charge < -0.3 is 15.5 Å². The second-order valence-electron chi connectivity index (χ2n) is 3.71. The van der Waals surface area contributed by atoms with E-state index in [2.05, 4.69) is 16.4 Å². The summed E-state index contributed by atoms with van der Waals surface area (Å²) in [7, 11) is 0. The number of rotatable bonds is 5. The minimum absolute atomic E-state index is 0.0781. The Morgan fingerprint density at radius 2 is 2.07 bits per heavy atom. The molecule has 0 saturated carbocycles. The second kappa shape index (κ2) is 5.05. The van der Waals surface area contributed by atoms with Crippen LogP contribution in [0.5, 0.6) is 0 Å². The van der Waals surface area contributed by atoms with Gasteiger partial charge in [0.05, 0.1) is 12.6 Å². The second-order valence-corrected chi connectivity index (χ2v) is 3.71. The van der Waals surface area contributed by atoms with Crippen molar-refractivity contribution in [3.8, 4) is 0 Å². The maximum absolute atomic E-state index is 8.79. The molecular weight excluding hydrogens is 180 g/mol. The fraction of sp³-hybridized carbons (Fsp3) is 0.700. The fourth-order valence-corrected chi connectivity index (χ4v) is 1.20. The first-order valence-corrected chi connectivity index (χ1v) is 4.89. The van der Waals surface area contributed by atoms with Crippen molar-refractivity contribution in [2.24, 2.45) is 0 Å². The van der Waals surface area contributed by atoms with Crippen molar-refractivity contribution in [1.29, 1.82) is 0 Å². The Morgan fingerprint density at radius 3 is 2.57 bits per heavy atom. The first-order chi connectivity index (χ1) is 6.65. The summed E-state index contributed by atoms with van der Waals surface area (Å²) in [6.07, 6.45) is 3.91. The lowest BCUT2D eigenvalue weighted by Crippen LogP contribution is -2.80. The van der Waals surface area contributed by atoms with Gasteiger partial charge in [-0.05, 0) is 13.8 Å². The Kier molecular flexibility index (Phi) is 4.01. The van der Waals surface area contributed by atoms with Gasteiger partial charge in [-0.1, -0.05) is 0 Å². The summed E-state index contributed by atoms with van der Waals surface area (Å²) in [6.45, 7) is 4.08. The Labute approximate surface area is 84.4 Å². The molecule has 0 aromatic heterocycles. The van der Waals surface area contributed by atoms with Crippen molar-refractivity contribution in [3.05, 3.63) is 11.8 Å². The predicted octanol–water partition coefficient (Wildman–Crippen LogP) is -2.05. The number of aliphatic hydroxyl groups excluding tert-OH is 2. The molecule has 0 bridgehead atoms. The minimum atomic E-state index is 0.0781. The lowest BCUT2D eigenvalue weighted by Gasteiger charge is -2.09. The van der Waals surface area contributed by atoms with E-state index in [1.54, 1.807) is 0 Å². The van der Waals surface area contributed by atoms with E-state index in [0.29, 0.717) is 0 Å². The predicted molar refractivity (Wildman–Crippen MR) is 53.6 cm³/mol. The van der Waals surface area contributed by atoms with E-state index in [-0.39, 0.29) is 25.3 Å². The van der Waals surface area contributed by atoms with Gasteiger partial charge in [0.1, 0.15) is 6.61 Å². The lowest BCUT2D eigenvalue weighted by molar-refractivity contribution is -0.503. The number of aliphatic hydroxyl groups is 2. The molecule has 2 atom stereocenters. The van der Waals surface area contributed by atoms with Crippen LogP contribution in [-0.4, -0.2) is 41.2 Å². The van der Waals surface area contributed by atoms with Crippen molar-refractivity contribution in [1.82, 2.24) is 5.32 Å². The highest BCUT2D eigenvalue weighted by Crippen LogP contribution is 2.08. The average Bonchev–Trinajstić information content (AvgIpc) is 2.13. The molecule has 4 N–H and O–H groups in total. The monoisotopic (exact) mass is 198 g/mol. The standard InChI is InChI=1S/C10H17N2O2/c1-7(5-13)11-9-3-10(4-9)12-8(2)6-14/h7-8,11,13-14H,3,5-6H2,1-2H3/q+1/p+1. The summed E-state index contributed by atoms with van der Waals surface area (Å²) >= 11 is 0. The van der Waals surface area contributed by atoms with Crippen LogP contribution < -0.4 is 10.3 Å². The van der Waals surface area contributed by atoms with Gasteiger partial charge in [-0.15, -0.1) is 0 Å². The number of hydrogen-bond donors (Lipinski definition) is 4. The van der Waals surface area contributed by atoms with Crippen molar-refractivity contribution < 1.29 is 15.2 Å². The molecule has 78 valence electrons. The van der Waals surface area contributed by atoms with E-state index in [9.17, 15) is 0 Å². The van der Waals surface area contributed by atoms with Crippen LogP contribution in [0.4, 0.5) is 0 Å². The van der Waals surface area contributed by atoms with E-state index in [4.69, 9.17) is 10.2 Å². The summed E-state index contributed by atoms with van der Waals surface area (Å²) < 4.78 is 0. The molecule has 1 aliphatic rings. The van der Waals surface area contributed by atoms with Crippen molar-refractivity contribution in [3.63, 3.8) is 0 Å². The van der Waals surface area contributed by atoms with Crippen molar-refractivity contribution in [2.45, 2.75) is 32.4 Å². The Morgan fingerprint density at radius 1 is 1.43 bits per heavy atom. The normalized spacial score (nSPS) is 22.0. The molecule has 0 aliphatic heterocycles. The summed E-state index contributed by atoms with van der Waals surface area (Å²) in [5.74, 6) is 0. The third kappa shape index (κ3) is 3.07. The summed E-state index contributed by atoms with van der Waals surface area (Å²) in [5.41, 5.74) is 2.03. The van der Waals surface area contributed by atoms with Gasteiger partial charge in [-0.25, -0.2) is 0 Å². The van der Waals surface area contributed by atoms with Gasteiger partial charge in [-0.2, -0.15) is 4.99 Å². The van der Waals surface area contributed by atoms with Gasteiger partial charge in [0.2, 0.25) is 0 Å². The van der Waals surface area contributed by atoms with E-state index in [1.165, 1.54) is 0 Å². The van der Waals surface area contributed by atoms with Crippen molar-refractivity contribution >= 4 is 5.71 Å². The molecule has 14 heavy (non-hydrogen) atoms. The lowest BCUT2D eigenvalue weighted by atomic mass is 10.0. The Hall–Kier alpha value is -0.960. The smallest absolute Gasteiger partial charge is 0.394 e. The molecule has 0 aromatic carbocycles. The zero-order chi connectivity index (χ0) is 10.6. The summed E-state index contributed by atoms with van der Waals surface area (Å²) in [6, 6.07) is 0.156. The molecule has 1 aliphatic carbocycles. The van der Waals surface area contributed by atoms with E-state index < -0.39 is 0 Å². The maximum atomic E-state index is 8.79. The zero-order valence-corrected chi connectivity index (χ0v) is 8.67. The number of allylic oxidation sites excluding steroid dienone is 2. The first-order valence-electron chi connectivity index (χ1n) is 4.89. The van der Waals surface area contributed by atoms with Crippen LogP contribution in [0.1, 0.15) is 20.3 Å². The van der Waals surface area contributed by atoms with E-state index in [0.717, 1.165) is 17.8 Å². The van der Waals surface area contributed by atoms with E-state index in [1.807, 2.05) is 13.8 Å². The van der Waals surface area contributed by atoms with Crippen LogP contribution in [0.3, 0.4) is 0 Å². The first kappa shape index (κ1) is 11.1. The molecular formula is C10H18N2O2+2. The fourth-order valence-electron chi connectivity index (χ4n) is 1.20.